The highest BCUT2D eigenvalue weighted by Gasteiger charge is 2.34. The van der Waals surface area contributed by atoms with Crippen LogP contribution in [0.25, 0.3) is 28.5 Å². The van der Waals surface area contributed by atoms with Gasteiger partial charge in [0.05, 0.1) is 20.8 Å². The van der Waals surface area contributed by atoms with Gasteiger partial charge in [0.15, 0.2) is 22.3 Å². The fourth-order valence-corrected chi connectivity index (χ4v) is 5.90. The number of imidazole rings is 1. The number of ether oxygens (including phenoxy) is 3. The minimum Gasteiger partial charge on any atom is -0.494 e. The molecule has 2 N–H and O–H groups in total. The maximum Gasteiger partial charge on any atom is 0.222 e. The summed E-state index contributed by atoms with van der Waals surface area (Å²) in [5.41, 5.74) is 0.936. The number of nitrogens with two attached hydrogens (primary N) is 1. The van der Waals surface area contributed by atoms with Crippen LogP contribution in [0.3, 0.4) is 0 Å². The largest absolute Gasteiger partial charge is 0.494 e. The van der Waals surface area contributed by atoms with Gasteiger partial charge >= 0.3 is 0 Å². The van der Waals surface area contributed by atoms with Crippen LogP contribution < -0.4 is 19.3 Å². The lowest BCUT2D eigenvalue weighted by molar-refractivity contribution is 0.327. The molecule has 218 valence electrons. The van der Waals surface area contributed by atoms with Gasteiger partial charge in [-0.3, -0.25) is 4.57 Å². The van der Waals surface area contributed by atoms with E-state index < -0.39 is 21.1 Å². The third kappa shape index (κ3) is 5.33. The molecule has 0 bridgehead atoms. The highest BCUT2D eigenvalue weighted by atomic mass is 35.5. The topological polar surface area (TPSA) is 144 Å². The Morgan fingerprint density at radius 1 is 1.00 bits per heavy atom. The van der Waals surface area contributed by atoms with Crippen LogP contribution in [-0.2, 0) is 10.0 Å². The summed E-state index contributed by atoms with van der Waals surface area (Å²) >= 11 is 6.52. The first-order chi connectivity index (χ1) is 20.1. The van der Waals surface area contributed by atoms with Gasteiger partial charge in [-0.05, 0) is 43.7 Å². The third-order valence-corrected chi connectivity index (χ3v) is 7.78. The molecule has 1 unspecified atom stereocenters. The number of aryl methyl sites for hydroxylation is 1. The first-order valence-electron chi connectivity index (χ1n) is 12.6. The maximum absolute atomic E-state index is 15.1. The molecule has 42 heavy (non-hydrogen) atoms. The number of methoxy groups -OCH3 is 2. The van der Waals surface area contributed by atoms with Gasteiger partial charge in [-0.2, -0.15) is 0 Å². The number of rotatable bonds is 9. The van der Waals surface area contributed by atoms with Crippen molar-refractivity contribution < 1.29 is 27.0 Å². The summed E-state index contributed by atoms with van der Waals surface area (Å²) < 4.78 is 59.5. The summed E-state index contributed by atoms with van der Waals surface area (Å²) in [6, 6.07) is 14.4. The van der Waals surface area contributed by atoms with Crippen molar-refractivity contribution in [3.8, 4) is 34.6 Å². The molecule has 3 heterocycles. The number of pyridine rings is 1. The van der Waals surface area contributed by atoms with E-state index in [4.69, 9.17) is 31.0 Å². The zero-order chi connectivity index (χ0) is 30.2. The normalized spacial score (nSPS) is 12.4. The van der Waals surface area contributed by atoms with Crippen molar-refractivity contribution in [2.75, 3.05) is 20.8 Å². The van der Waals surface area contributed by atoms with Crippen LogP contribution in [-0.4, -0.2) is 53.7 Å². The SMILES string of the molecule is CCOc1cccc(-c2nc3nc(Cl)c(C(c4ccc(C)cc4F)S(N)(=O)=O)nc3n2-c2c(OC)cccc2OC)n1. The van der Waals surface area contributed by atoms with Crippen LogP contribution >= 0.6 is 11.6 Å². The quantitative estimate of drug-likeness (QED) is 0.249. The van der Waals surface area contributed by atoms with Crippen LogP contribution in [0.15, 0.2) is 54.6 Å². The van der Waals surface area contributed by atoms with Gasteiger partial charge < -0.3 is 14.2 Å². The lowest BCUT2D eigenvalue weighted by Gasteiger charge is -2.18. The highest BCUT2D eigenvalue weighted by molar-refractivity contribution is 7.89. The maximum atomic E-state index is 15.1. The summed E-state index contributed by atoms with van der Waals surface area (Å²) in [5.74, 6) is 0.564. The van der Waals surface area contributed by atoms with E-state index in [2.05, 4.69) is 19.9 Å². The molecule has 0 radical (unpaired) electrons. The van der Waals surface area contributed by atoms with E-state index in [1.54, 1.807) is 54.0 Å². The molecule has 0 saturated carbocycles. The van der Waals surface area contributed by atoms with Gasteiger partial charge in [0.1, 0.15) is 39.6 Å². The van der Waals surface area contributed by atoms with Crippen LogP contribution in [0.2, 0.25) is 5.15 Å². The van der Waals surface area contributed by atoms with E-state index in [1.807, 2.05) is 6.92 Å². The molecule has 3 aromatic heterocycles. The fraction of sp³-hybridized carbons (Fsp3) is 0.214. The van der Waals surface area contributed by atoms with Crippen LogP contribution in [0, 0.1) is 12.7 Å². The zero-order valence-corrected chi connectivity index (χ0v) is 24.6. The number of sulfonamides is 1. The predicted octanol–water partition coefficient (Wildman–Crippen LogP) is 4.77. The molecule has 0 aliphatic heterocycles. The zero-order valence-electron chi connectivity index (χ0n) is 23.0. The third-order valence-electron chi connectivity index (χ3n) is 6.36. The minimum absolute atomic E-state index is 0.0490. The number of benzene rings is 2. The summed E-state index contributed by atoms with van der Waals surface area (Å²) in [6.45, 7) is 3.90. The van der Waals surface area contributed by atoms with Gasteiger partial charge in [-0.1, -0.05) is 35.9 Å². The Balaban J connectivity index is 1.89. The van der Waals surface area contributed by atoms with Crippen molar-refractivity contribution in [3.63, 3.8) is 0 Å². The molecule has 14 heteroatoms. The average molecular weight is 613 g/mol. The van der Waals surface area contributed by atoms with Crippen molar-refractivity contribution in [1.29, 1.82) is 0 Å². The van der Waals surface area contributed by atoms with E-state index >= 15 is 4.39 Å². The standard InChI is InChI=1S/C28H26ClFN6O5S/c1-5-41-21-11-6-8-18(32-21)27-35-26-28(36(27)23-19(39-3)9-7-10-20(23)40-4)33-22(25(29)34-26)24(42(31,37)38)16-13-12-15(2)14-17(16)30/h6-14,24H,5H2,1-4H3,(H2,31,37,38). The van der Waals surface area contributed by atoms with Gasteiger partial charge in [0.25, 0.3) is 0 Å². The first kappa shape index (κ1) is 29.2. The molecular formula is C28H26ClFN6O5S. The molecule has 2 aromatic carbocycles. The molecule has 0 spiro atoms. The molecule has 0 saturated heterocycles. The molecule has 0 aliphatic rings. The Bertz CT molecular complexity index is 1890. The predicted molar refractivity (Wildman–Crippen MR) is 155 cm³/mol. The molecule has 11 nitrogen and oxygen atoms in total. The van der Waals surface area contributed by atoms with Gasteiger partial charge in [-0.15, -0.1) is 0 Å². The summed E-state index contributed by atoms with van der Waals surface area (Å²) in [6.07, 6.45) is 0. The van der Waals surface area contributed by atoms with Crippen LogP contribution in [0.4, 0.5) is 4.39 Å². The Hall–Kier alpha value is -4.33. The van der Waals surface area contributed by atoms with Crippen molar-refractivity contribution in [2.45, 2.75) is 19.1 Å². The lowest BCUT2D eigenvalue weighted by atomic mass is 10.1. The lowest BCUT2D eigenvalue weighted by Crippen LogP contribution is -2.25. The fourth-order valence-electron chi connectivity index (χ4n) is 4.58. The number of nitrogens with zero attached hydrogens (tertiary/aromatic N) is 5. The van der Waals surface area contributed by atoms with Crippen molar-refractivity contribution in [1.82, 2.24) is 24.5 Å². The number of para-hydroxylation sites is 1. The van der Waals surface area contributed by atoms with Crippen molar-refractivity contribution in [2.24, 2.45) is 5.14 Å². The molecule has 1 atom stereocenters. The van der Waals surface area contributed by atoms with Gasteiger partial charge in [-0.25, -0.2) is 37.9 Å². The second-order valence-electron chi connectivity index (χ2n) is 9.12. The number of hydrogen-bond donors (Lipinski definition) is 1. The second kappa shape index (κ2) is 11.5. The molecule has 0 amide bonds. The van der Waals surface area contributed by atoms with E-state index in [0.29, 0.717) is 40.9 Å². The Labute approximate surface area is 246 Å². The monoisotopic (exact) mass is 612 g/mol. The van der Waals surface area contributed by atoms with E-state index in [9.17, 15) is 8.42 Å². The molecular weight excluding hydrogens is 587 g/mol. The number of primary sulfonamides is 1. The van der Waals surface area contributed by atoms with Crippen molar-refractivity contribution in [3.05, 3.63) is 82.4 Å². The Morgan fingerprint density at radius 2 is 1.69 bits per heavy atom. The molecule has 5 rings (SSSR count). The van der Waals surface area contributed by atoms with Crippen LogP contribution in [0.1, 0.15) is 29.0 Å². The number of fused-ring (bicyclic) bond motifs is 1. The molecule has 5 aromatic rings. The first-order valence-corrected chi connectivity index (χ1v) is 14.6. The number of halogens is 2. The average Bonchev–Trinajstić information content (AvgIpc) is 3.31. The minimum atomic E-state index is -4.49. The van der Waals surface area contributed by atoms with E-state index in [-0.39, 0.29) is 33.5 Å². The second-order valence-corrected chi connectivity index (χ2v) is 11.1. The summed E-state index contributed by atoms with van der Waals surface area (Å²) in [5, 5.41) is 3.55. The smallest absolute Gasteiger partial charge is 0.222 e. The van der Waals surface area contributed by atoms with E-state index in [0.717, 1.165) is 0 Å². The van der Waals surface area contributed by atoms with E-state index in [1.165, 1.54) is 26.4 Å². The Kier molecular flexibility index (Phi) is 7.99. The highest BCUT2D eigenvalue weighted by Crippen LogP contribution is 2.40. The summed E-state index contributed by atoms with van der Waals surface area (Å²) in [4.78, 5) is 18.2. The summed E-state index contributed by atoms with van der Waals surface area (Å²) in [7, 11) is -1.53. The molecule has 0 aliphatic carbocycles. The van der Waals surface area contributed by atoms with Gasteiger partial charge in [0.2, 0.25) is 15.9 Å². The van der Waals surface area contributed by atoms with Crippen molar-refractivity contribution >= 4 is 32.9 Å². The Morgan fingerprint density at radius 3 is 2.31 bits per heavy atom. The van der Waals surface area contributed by atoms with Gasteiger partial charge in [0, 0.05) is 11.6 Å². The van der Waals surface area contributed by atoms with Crippen LogP contribution in [0.5, 0.6) is 17.4 Å². The number of hydrogen-bond acceptors (Lipinski definition) is 9. The molecule has 0 fully saturated rings. The number of aromatic nitrogens is 5.